The van der Waals surface area contributed by atoms with E-state index in [4.69, 9.17) is 11.6 Å². The molecule has 0 radical (unpaired) electrons. The molecule has 0 saturated carbocycles. The van der Waals surface area contributed by atoms with Gasteiger partial charge in [0.1, 0.15) is 17.2 Å². The Morgan fingerprint density at radius 2 is 2.00 bits per heavy atom. The number of carbonyl (C=O) groups excluding carboxylic acids is 2. The van der Waals surface area contributed by atoms with Crippen molar-refractivity contribution in [2.45, 2.75) is 45.0 Å². The maximum atomic E-state index is 12.7. The molecule has 0 atom stereocenters. The molecule has 1 N–H and O–H groups in total. The molecule has 2 amide bonds. The van der Waals surface area contributed by atoms with E-state index in [9.17, 15) is 9.59 Å². The number of carbonyl (C=O) groups is 2. The normalized spacial score (nSPS) is 14.8. The zero-order chi connectivity index (χ0) is 19.8. The zero-order valence-electron chi connectivity index (χ0n) is 16.0. The van der Waals surface area contributed by atoms with Gasteiger partial charge in [0.15, 0.2) is 0 Å². The molecule has 0 spiro atoms. The number of amides is 2. The maximum absolute atomic E-state index is 12.7. The molecule has 2 aromatic heterocycles. The number of likely N-dealkylation sites (tertiary alicyclic amines) is 1. The van der Waals surface area contributed by atoms with Gasteiger partial charge in [-0.15, -0.1) is 11.6 Å². The molecular formula is C19H24ClN5O2. The summed E-state index contributed by atoms with van der Waals surface area (Å²) in [6.45, 7) is 9.71. The van der Waals surface area contributed by atoms with Gasteiger partial charge in [-0.05, 0) is 25.1 Å². The molecule has 1 aliphatic heterocycles. The van der Waals surface area contributed by atoms with Gasteiger partial charge in [0.25, 0.3) is 11.8 Å². The number of hydrogen-bond donors (Lipinski definition) is 1. The summed E-state index contributed by atoms with van der Waals surface area (Å²) in [4.78, 5) is 31.0. The summed E-state index contributed by atoms with van der Waals surface area (Å²) in [6.07, 6.45) is 0. The Bertz CT molecular complexity index is 865. The van der Waals surface area contributed by atoms with E-state index in [-0.39, 0.29) is 28.3 Å². The molecule has 1 fully saturated rings. The van der Waals surface area contributed by atoms with Gasteiger partial charge in [-0.3, -0.25) is 14.3 Å². The molecule has 0 bridgehead atoms. The van der Waals surface area contributed by atoms with Crippen LogP contribution in [0, 0.1) is 0 Å². The first-order valence-corrected chi connectivity index (χ1v) is 9.42. The highest BCUT2D eigenvalue weighted by atomic mass is 35.5. The zero-order valence-corrected chi connectivity index (χ0v) is 16.7. The highest BCUT2D eigenvalue weighted by molar-refractivity contribution is 6.22. The van der Waals surface area contributed by atoms with Gasteiger partial charge < -0.3 is 10.2 Å². The lowest BCUT2D eigenvalue weighted by Gasteiger charge is -2.35. The number of nitrogens with zero attached hydrogens (tertiary/aromatic N) is 4. The summed E-state index contributed by atoms with van der Waals surface area (Å²) >= 11 is 5.93. The van der Waals surface area contributed by atoms with Crippen LogP contribution in [0.1, 0.15) is 54.4 Å². The molecule has 8 heteroatoms. The van der Waals surface area contributed by atoms with Crippen LogP contribution < -0.4 is 5.32 Å². The van der Waals surface area contributed by atoms with Crippen molar-refractivity contribution in [3.05, 3.63) is 41.3 Å². The topological polar surface area (TPSA) is 80.1 Å². The minimum absolute atomic E-state index is 0.00294. The van der Waals surface area contributed by atoms with Gasteiger partial charge >= 0.3 is 0 Å². The first-order chi connectivity index (χ1) is 12.7. The lowest BCUT2D eigenvalue weighted by atomic mass is 9.92. The molecule has 1 aliphatic rings. The van der Waals surface area contributed by atoms with Crippen LogP contribution in [0.5, 0.6) is 0 Å². The van der Waals surface area contributed by atoms with E-state index in [2.05, 4.69) is 36.2 Å². The molecule has 144 valence electrons. The fraction of sp³-hybridized carbons (Fsp3) is 0.474. The van der Waals surface area contributed by atoms with Crippen molar-refractivity contribution in [2.24, 2.45) is 0 Å². The van der Waals surface area contributed by atoms with Crippen LogP contribution in [0.2, 0.25) is 0 Å². The number of aromatic nitrogens is 3. The number of rotatable bonds is 4. The van der Waals surface area contributed by atoms with Crippen molar-refractivity contribution >= 4 is 29.2 Å². The third kappa shape index (κ3) is 4.13. The lowest BCUT2D eigenvalue weighted by molar-refractivity contribution is 0.0653. The van der Waals surface area contributed by atoms with Crippen molar-refractivity contribution in [1.82, 2.24) is 19.7 Å². The van der Waals surface area contributed by atoms with E-state index in [1.165, 1.54) is 0 Å². The van der Waals surface area contributed by atoms with Crippen molar-refractivity contribution in [3.63, 3.8) is 0 Å². The van der Waals surface area contributed by atoms with Crippen LogP contribution in [0.3, 0.4) is 0 Å². The Hall–Kier alpha value is -2.41. The number of aryl methyl sites for hydroxylation is 1. The van der Waals surface area contributed by atoms with Crippen LogP contribution in [-0.2, 0) is 12.0 Å². The average Bonchev–Trinajstić information content (AvgIpc) is 3.03. The van der Waals surface area contributed by atoms with Crippen LogP contribution >= 0.6 is 11.6 Å². The summed E-state index contributed by atoms with van der Waals surface area (Å²) in [5, 5.41) is 7.29. The average molecular weight is 390 g/mol. The van der Waals surface area contributed by atoms with Crippen molar-refractivity contribution in [2.75, 3.05) is 18.4 Å². The summed E-state index contributed by atoms with van der Waals surface area (Å²) in [5.41, 5.74) is 1.45. The second-order valence-corrected chi connectivity index (χ2v) is 8.27. The highest BCUT2D eigenvalue weighted by Crippen LogP contribution is 2.22. The first kappa shape index (κ1) is 19.4. The number of pyridine rings is 1. The van der Waals surface area contributed by atoms with Crippen LogP contribution in [0.25, 0.3) is 0 Å². The van der Waals surface area contributed by atoms with E-state index >= 15 is 0 Å². The van der Waals surface area contributed by atoms with E-state index < -0.39 is 0 Å². The Morgan fingerprint density at radius 3 is 2.59 bits per heavy atom. The van der Waals surface area contributed by atoms with Crippen LogP contribution in [0.4, 0.5) is 5.82 Å². The summed E-state index contributed by atoms with van der Waals surface area (Å²) < 4.78 is 1.67. The highest BCUT2D eigenvalue weighted by Gasteiger charge is 2.30. The van der Waals surface area contributed by atoms with Crippen molar-refractivity contribution < 1.29 is 9.59 Å². The summed E-state index contributed by atoms with van der Waals surface area (Å²) in [6, 6.07) is 6.79. The second-order valence-electron chi connectivity index (χ2n) is 7.65. The second kappa shape index (κ2) is 7.31. The fourth-order valence-corrected chi connectivity index (χ4v) is 3.10. The molecule has 3 rings (SSSR count). The lowest BCUT2D eigenvalue weighted by Crippen LogP contribution is -2.51. The number of nitrogens with one attached hydrogen (secondary N) is 1. The maximum Gasteiger partial charge on any atom is 0.275 e. The molecule has 27 heavy (non-hydrogen) atoms. The molecule has 0 aliphatic carbocycles. The van der Waals surface area contributed by atoms with Gasteiger partial charge in [-0.25, -0.2) is 4.98 Å². The number of hydrogen-bond acceptors (Lipinski definition) is 4. The summed E-state index contributed by atoms with van der Waals surface area (Å²) in [7, 11) is 0. The largest absolute Gasteiger partial charge is 0.334 e. The SMILES string of the molecule is CCn1nc(C(C)(C)C)cc1C(=O)Nc1cccc(C(=O)N2CC(Cl)C2)n1. The molecule has 0 unspecified atom stereocenters. The van der Waals surface area contributed by atoms with Gasteiger partial charge in [-0.2, -0.15) is 5.10 Å². The standard InChI is InChI=1S/C19H24ClN5O2/c1-5-25-14(9-15(23-25)19(2,3)4)17(26)22-16-8-6-7-13(21-16)18(27)24-10-12(20)11-24/h6-9,12H,5,10-11H2,1-4H3,(H,21,22,26). The quantitative estimate of drug-likeness (QED) is 0.815. The van der Waals surface area contributed by atoms with Crippen LogP contribution in [0.15, 0.2) is 24.3 Å². The molecular weight excluding hydrogens is 366 g/mol. The number of alkyl halides is 1. The van der Waals surface area contributed by atoms with E-state index in [1.54, 1.807) is 33.8 Å². The van der Waals surface area contributed by atoms with Gasteiger partial charge in [-0.1, -0.05) is 26.8 Å². The van der Waals surface area contributed by atoms with Crippen molar-refractivity contribution in [1.29, 1.82) is 0 Å². The summed E-state index contributed by atoms with van der Waals surface area (Å²) in [5.74, 6) is -0.159. The van der Waals surface area contributed by atoms with Crippen LogP contribution in [-0.4, -0.2) is 49.9 Å². The minimum atomic E-state index is -0.304. The Morgan fingerprint density at radius 1 is 1.30 bits per heavy atom. The van der Waals surface area contributed by atoms with E-state index in [1.807, 2.05) is 6.92 Å². The molecule has 7 nitrogen and oxygen atoms in total. The van der Waals surface area contributed by atoms with Gasteiger partial charge in [0.05, 0.1) is 11.1 Å². The molecule has 2 aromatic rings. The Labute approximate surface area is 163 Å². The fourth-order valence-electron chi connectivity index (χ4n) is 2.76. The number of halogens is 1. The molecule has 3 heterocycles. The minimum Gasteiger partial charge on any atom is -0.334 e. The smallest absolute Gasteiger partial charge is 0.275 e. The molecule has 1 saturated heterocycles. The van der Waals surface area contributed by atoms with Gasteiger partial charge in [0.2, 0.25) is 0 Å². The van der Waals surface area contributed by atoms with Gasteiger partial charge in [0, 0.05) is 25.0 Å². The van der Waals surface area contributed by atoms with Crippen molar-refractivity contribution in [3.8, 4) is 0 Å². The first-order valence-electron chi connectivity index (χ1n) is 8.99. The Kier molecular flexibility index (Phi) is 5.24. The predicted octanol–water partition coefficient (Wildman–Crippen LogP) is 2.91. The third-order valence-electron chi connectivity index (χ3n) is 4.41. The monoisotopic (exact) mass is 389 g/mol. The molecule has 0 aromatic carbocycles. The van der Waals surface area contributed by atoms with E-state index in [0.717, 1.165) is 5.69 Å². The van der Waals surface area contributed by atoms with E-state index in [0.29, 0.717) is 31.1 Å². The predicted molar refractivity (Wildman–Crippen MR) is 104 cm³/mol. The Balaban J connectivity index is 1.78. The number of anilines is 1. The third-order valence-corrected chi connectivity index (χ3v) is 4.69.